The number of halogens is 5. The molecule has 4 heterocycles. The summed E-state index contributed by atoms with van der Waals surface area (Å²) in [5.41, 5.74) is 0.414. The lowest BCUT2D eigenvalue weighted by Gasteiger charge is -2.39. The molecule has 1 aliphatic rings. The molecule has 4 rings (SSSR count). The molecule has 2 atom stereocenters. The Labute approximate surface area is 185 Å². The van der Waals surface area contributed by atoms with Crippen molar-refractivity contribution in [1.29, 1.82) is 0 Å². The second-order valence-electron chi connectivity index (χ2n) is 7.84. The maximum atomic E-state index is 13.5. The molecule has 0 saturated carbocycles. The van der Waals surface area contributed by atoms with Gasteiger partial charge in [0.05, 0.1) is 18.4 Å². The molecule has 1 saturated heterocycles. The molecule has 14 heteroatoms. The lowest BCUT2D eigenvalue weighted by molar-refractivity contribution is -0.177. The highest BCUT2D eigenvalue weighted by molar-refractivity contribution is 7.88. The Bertz CT molecular complexity index is 1260. The third-order valence-electron chi connectivity index (χ3n) is 5.27. The second-order valence-corrected chi connectivity index (χ2v) is 9.62. The van der Waals surface area contributed by atoms with E-state index in [-0.39, 0.29) is 29.4 Å². The molecule has 1 aliphatic heterocycles. The maximum Gasteiger partial charge on any atom is 0.393 e. The van der Waals surface area contributed by atoms with Crippen LogP contribution in [0.5, 0.6) is 0 Å². The molecular formula is C19H19F5N6O2S. The van der Waals surface area contributed by atoms with E-state index in [1.165, 1.54) is 46.1 Å². The van der Waals surface area contributed by atoms with E-state index in [4.69, 9.17) is 0 Å². The summed E-state index contributed by atoms with van der Waals surface area (Å²) in [6.45, 7) is -0.441. The molecule has 2 unspecified atom stereocenters. The third-order valence-corrected chi connectivity index (χ3v) is 6.03. The number of sulfonamides is 1. The first-order chi connectivity index (χ1) is 15.4. The molecule has 178 valence electrons. The first kappa shape index (κ1) is 23.3. The highest BCUT2D eigenvalue weighted by atomic mass is 32.2. The van der Waals surface area contributed by atoms with E-state index in [9.17, 15) is 30.4 Å². The average Bonchev–Trinajstić information content (AvgIpc) is 3.15. The van der Waals surface area contributed by atoms with E-state index in [0.717, 1.165) is 6.26 Å². The SMILES string of the molecule is CS(=O)(=O)NC1CC(C(F)(F)F)CN(c2ccnc(-c3cnc4ccc(C(F)F)cn34)n2)C1. The highest BCUT2D eigenvalue weighted by Crippen LogP contribution is 2.35. The quantitative estimate of drug-likeness (QED) is 0.553. The van der Waals surface area contributed by atoms with Crippen molar-refractivity contribution in [3.63, 3.8) is 0 Å². The van der Waals surface area contributed by atoms with Crippen LogP contribution in [0.1, 0.15) is 18.4 Å². The number of hydrogen-bond donors (Lipinski definition) is 1. The molecule has 3 aromatic rings. The fraction of sp³-hybridized carbons (Fsp3) is 0.421. The van der Waals surface area contributed by atoms with Gasteiger partial charge in [-0.2, -0.15) is 13.2 Å². The number of anilines is 1. The van der Waals surface area contributed by atoms with Gasteiger partial charge in [0.15, 0.2) is 5.82 Å². The molecule has 3 aromatic heterocycles. The number of hydrogen-bond acceptors (Lipinski definition) is 6. The normalized spacial score (nSPS) is 20.0. The molecule has 0 aromatic carbocycles. The fourth-order valence-corrected chi connectivity index (χ4v) is 4.63. The van der Waals surface area contributed by atoms with Crippen LogP contribution in [0.15, 0.2) is 36.8 Å². The van der Waals surface area contributed by atoms with Crippen molar-refractivity contribution in [2.45, 2.75) is 25.1 Å². The van der Waals surface area contributed by atoms with E-state index in [1.54, 1.807) is 0 Å². The van der Waals surface area contributed by atoms with Crippen LogP contribution < -0.4 is 9.62 Å². The average molecular weight is 490 g/mol. The molecule has 1 fully saturated rings. The summed E-state index contributed by atoms with van der Waals surface area (Å²) in [6, 6.07) is 3.10. The van der Waals surface area contributed by atoms with Crippen molar-refractivity contribution in [2.24, 2.45) is 5.92 Å². The summed E-state index contributed by atoms with van der Waals surface area (Å²) < 4.78 is 93.6. The number of piperidine rings is 1. The molecule has 0 bridgehead atoms. The molecule has 0 radical (unpaired) electrons. The minimum atomic E-state index is -4.53. The number of pyridine rings is 1. The van der Waals surface area contributed by atoms with Crippen LogP contribution in [-0.4, -0.2) is 59.3 Å². The summed E-state index contributed by atoms with van der Waals surface area (Å²) >= 11 is 0. The molecule has 8 nitrogen and oxygen atoms in total. The van der Waals surface area contributed by atoms with Crippen molar-refractivity contribution in [1.82, 2.24) is 24.1 Å². The van der Waals surface area contributed by atoms with E-state index < -0.39 is 47.6 Å². The fourth-order valence-electron chi connectivity index (χ4n) is 3.85. The van der Waals surface area contributed by atoms with Crippen molar-refractivity contribution >= 4 is 21.5 Å². The van der Waals surface area contributed by atoms with Crippen LogP contribution in [0.4, 0.5) is 27.8 Å². The van der Waals surface area contributed by atoms with E-state index in [1.807, 2.05) is 0 Å². The van der Waals surface area contributed by atoms with Gasteiger partial charge in [0, 0.05) is 37.1 Å². The van der Waals surface area contributed by atoms with Crippen molar-refractivity contribution in [2.75, 3.05) is 24.2 Å². The first-order valence-electron chi connectivity index (χ1n) is 9.78. The van der Waals surface area contributed by atoms with Gasteiger partial charge in [-0.15, -0.1) is 0 Å². The monoisotopic (exact) mass is 490 g/mol. The molecular weight excluding hydrogens is 471 g/mol. The van der Waals surface area contributed by atoms with Crippen LogP contribution in [0.2, 0.25) is 0 Å². The molecule has 0 amide bonds. The molecule has 33 heavy (non-hydrogen) atoms. The Morgan fingerprint density at radius 3 is 2.58 bits per heavy atom. The van der Waals surface area contributed by atoms with Gasteiger partial charge < -0.3 is 4.90 Å². The zero-order chi connectivity index (χ0) is 24.0. The largest absolute Gasteiger partial charge is 0.393 e. The van der Waals surface area contributed by atoms with Crippen LogP contribution >= 0.6 is 0 Å². The van der Waals surface area contributed by atoms with Gasteiger partial charge >= 0.3 is 6.18 Å². The van der Waals surface area contributed by atoms with E-state index >= 15 is 0 Å². The van der Waals surface area contributed by atoms with Gasteiger partial charge in [0.1, 0.15) is 17.2 Å². The number of nitrogens with zero attached hydrogens (tertiary/aromatic N) is 5. The van der Waals surface area contributed by atoms with Gasteiger partial charge in [-0.3, -0.25) is 4.40 Å². The highest BCUT2D eigenvalue weighted by Gasteiger charge is 2.45. The minimum absolute atomic E-state index is 0.0290. The Hall–Kier alpha value is -2.87. The number of imidazole rings is 1. The standard InChI is InChI=1S/C19H19F5N6O2S/c1-33(31,32)28-13-6-12(19(22,23)24)9-29(10-13)16-4-5-25-18(27-16)14-7-26-15-3-2-11(17(20)21)8-30(14)15/h2-5,7-8,12-13,17,28H,6,9-10H2,1H3. The van der Waals surface area contributed by atoms with Crippen LogP contribution in [0.3, 0.4) is 0 Å². The van der Waals surface area contributed by atoms with Crippen molar-refractivity contribution < 1.29 is 30.4 Å². The molecule has 0 aliphatic carbocycles. The number of nitrogens with one attached hydrogen (secondary N) is 1. The minimum Gasteiger partial charge on any atom is -0.354 e. The summed E-state index contributed by atoms with van der Waals surface area (Å²) in [7, 11) is -3.73. The van der Waals surface area contributed by atoms with E-state index in [2.05, 4.69) is 19.7 Å². The molecule has 1 N–H and O–H groups in total. The topological polar surface area (TPSA) is 92.5 Å². The summed E-state index contributed by atoms with van der Waals surface area (Å²) in [6.07, 6.45) is -2.82. The maximum absolute atomic E-state index is 13.5. The summed E-state index contributed by atoms with van der Waals surface area (Å²) in [5, 5.41) is 0. The van der Waals surface area contributed by atoms with Crippen LogP contribution in [0.25, 0.3) is 17.2 Å². The first-order valence-corrected chi connectivity index (χ1v) is 11.7. The summed E-state index contributed by atoms with van der Waals surface area (Å²) in [5.74, 6) is -1.55. The Morgan fingerprint density at radius 2 is 1.91 bits per heavy atom. The summed E-state index contributed by atoms with van der Waals surface area (Å²) in [4.78, 5) is 13.9. The molecule has 0 spiro atoms. The third kappa shape index (κ3) is 5.21. The zero-order valence-electron chi connectivity index (χ0n) is 17.2. The van der Waals surface area contributed by atoms with Gasteiger partial charge in [-0.25, -0.2) is 36.9 Å². The smallest absolute Gasteiger partial charge is 0.354 e. The van der Waals surface area contributed by atoms with Gasteiger partial charge in [-0.1, -0.05) is 0 Å². The van der Waals surface area contributed by atoms with Crippen molar-refractivity contribution in [3.8, 4) is 11.5 Å². The van der Waals surface area contributed by atoms with Crippen molar-refractivity contribution in [3.05, 3.63) is 42.4 Å². The number of alkyl halides is 5. The Kier molecular flexibility index (Phi) is 5.99. The Balaban J connectivity index is 1.69. The van der Waals surface area contributed by atoms with Gasteiger partial charge in [-0.05, 0) is 24.6 Å². The van der Waals surface area contributed by atoms with Gasteiger partial charge in [0.25, 0.3) is 6.43 Å². The van der Waals surface area contributed by atoms with Crippen LogP contribution in [-0.2, 0) is 10.0 Å². The zero-order valence-corrected chi connectivity index (χ0v) is 18.0. The predicted molar refractivity (Wildman–Crippen MR) is 109 cm³/mol. The van der Waals surface area contributed by atoms with Crippen LogP contribution in [0, 0.1) is 5.92 Å². The Morgan fingerprint density at radius 1 is 1.15 bits per heavy atom. The predicted octanol–water partition coefficient (Wildman–Crippen LogP) is 3.04. The van der Waals surface area contributed by atoms with E-state index in [0.29, 0.717) is 5.65 Å². The lowest BCUT2D eigenvalue weighted by Crippen LogP contribution is -2.53. The lowest BCUT2D eigenvalue weighted by atomic mass is 9.94. The second kappa shape index (κ2) is 8.48. The number of fused-ring (bicyclic) bond motifs is 1. The number of rotatable bonds is 5. The van der Waals surface area contributed by atoms with Gasteiger partial charge in [0.2, 0.25) is 10.0 Å². The number of aromatic nitrogens is 4.